The third kappa shape index (κ3) is 2.73. The summed E-state index contributed by atoms with van der Waals surface area (Å²) in [6.45, 7) is 7.42. The van der Waals surface area contributed by atoms with E-state index in [9.17, 15) is 0 Å². The van der Waals surface area contributed by atoms with Gasteiger partial charge in [-0.25, -0.2) is 4.98 Å². The Morgan fingerprint density at radius 1 is 1.47 bits per heavy atom. The fourth-order valence-corrected chi connectivity index (χ4v) is 2.07. The first-order chi connectivity index (χ1) is 8.13. The van der Waals surface area contributed by atoms with Crippen LogP contribution >= 0.6 is 0 Å². The molecule has 1 aromatic heterocycles. The van der Waals surface area contributed by atoms with Gasteiger partial charge in [-0.05, 0) is 20.9 Å². The van der Waals surface area contributed by atoms with Crippen molar-refractivity contribution < 1.29 is 4.74 Å². The number of hydrogen-bond acceptors (Lipinski definition) is 5. The first kappa shape index (κ1) is 12.3. The molecule has 1 aliphatic heterocycles. The van der Waals surface area contributed by atoms with Crippen molar-refractivity contribution in [3.63, 3.8) is 0 Å². The first-order valence-corrected chi connectivity index (χ1v) is 5.94. The molecule has 0 unspecified atom stereocenters. The fraction of sp³-hybridized carbons (Fsp3) is 0.667. The average Bonchev–Trinajstić information content (AvgIpc) is 2.29. The highest BCUT2D eigenvalue weighted by Gasteiger charge is 2.31. The molecule has 0 saturated carbocycles. The highest BCUT2D eigenvalue weighted by atomic mass is 16.5. The normalized spacial score (nSPS) is 19.4. The lowest BCUT2D eigenvalue weighted by Gasteiger charge is -2.42. The van der Waals surface area contributed by atoms with Gasteiger partial charge in [0.25, 0.3) is 0 Å². The molecule has 0 bridgehead atoms. The second kappa shape index (κ2) is 4.98. The number of nitrogens with one attached hydrogen (secondary N) is 1. The van der Waals surface area contributed by atoms with Crippen molar-refractivity contribution in [1.82, 2.24) is 15.3 Å². The molecule has 5 nitrogen and oxygen atoms in total. The Hall–Kier alpha value is -1.20. The summed E-state index contributed by atoms with van der Waals surface area (Å²) in [5.41, 5.74) is 0.942. The van der Waals surface area contributed by atoms with Crippen LogP contribution in [0.1, 0.15) is 19.5 Å². The molecule has 2 heterocycles. The third-order valence-corrected chi connectivity index (χ3v) is 2.95. The van der Waals surface area contributed by atoms with Gasteiger partial charge in [0, 0.05) is 19.3 Å². The van der Waals surface area contributed by atoms with Crippen molar-refractivity contribution in [2.75, 3.05) is 31.7 Å². The summed E-state index contributed by atoms with van der Waals surface area (Å²) in [5.74, 6) is 0.936. The van der Waals surface area contributed by atoms with Crippen molar-refractivity contribution in [2.24, 2.45) is 0 Å². The number of hydrogen-bond donors (Lipinski definition) is 1. The molecule has 0 spiro atoms. The minimum Gasteiger partial charge on any atom is -0.377 e. The van der Waals surface area contributed by atoms with E-state index in [0.717, 1.165) is 37.8 Å². The number of rotatable bonds is 3. The molecule has 5 heteroatoms. The van der Waals surface area contributed by atoms with Crippen molar-refractivity contribution in [3.05, 3.63) is 18.1 Å². The molecule has 0 aromatic carbocycles. The molecule has 1 aliphatic rings. The zero-order valence-electron chi connectivity index (χ0n) is 10.7. The fourth-order valence-electron chi connectivity index (χ4n) is 2.07. The van der Waals surface area contributed by atoms with Crippen molar-refractivity contribution in [2.45, 2.75) is 25.9 Å². The van der Waals surface area contributed by atoms with Crippen LogP contribution in [0.25, 0.3) is 0 Å². The number of ether oxygens (including phenoxy) is 1. The van der Waals surface area contributed by atoms with Crippen LogP contribution < -0.4 is 10.2 Å². The predicted octanol–water partition coefficient (Wildman–Crippen LogP) is 0.811. The van der Waals surface area contributed by atoms with E-state index in [2.05, 4.69) is 34.0 Å². The Balaban J connectivity index is 2.23. The van der Waals surface area contributed by atoms with Crippen LogP contribution in [0.5, 0.6) is 0 Å². The van der Waals surface area contributed by atoms with E-state index < -0.39 is 0 Å². The monoisotopic (exact) mass is 236 g/mol. The largest absolute Gasteiger partial charge is 0.377 e. The lowest BCUT2D eigenvalue weighted by Crippen LogP contribution is -2.53. The van der Waals surface area contributed by atoms with Gasteiger partial charge < -0.3 is 15.0 Å². The maximum atomic E-state index is 5.51. The maximum absolute atomic E-state index is 5.51. The summed E-state index contributed by atoms with van der Waals surface area (Å²) < 4.78 is 5.51. The van der Waals surface area contributed by atoms with Gasteiger partial charge in [-0.2, -0.15) is 0 Å². The summed E-state index contributed by atoms with van der Waals surface area (Å²) in [6.07, 6.45) is 3.62. The van der Waals surface area contributed by atoms with Gasteiger partial charge in [0.1, 0.15) is 5.82 Å². The molecule has 0 aliphatic carbocycles. The second-order valence-electron chi connectivity index (χ2n) is 4.92. The lowest BCUT2D eigenvalue weighted by molar-refractivity contribution is 0.0638. The van der Waals surface area contributed by atoms with Crippen LogP contribution in [0.2, 0.25) is 0 Å². The third-order valence-electron chi connectivity index (χ3n) is 2.95. The standard InChI is InChI=1S/C12H20N4O/c1-12(2)9-17-5-4-16(12)11-8-14-7-10(15-11)6-13-3/h7-8,13H,4-6,9H2,1-3H3. The van der Waals surface area contributed by atoms with E-state index in [1.165, 1.54) is 0 Å². The molecule has 0 atom stereocenters. The summed E-state index contributed by atoms with van der Waals surface area (Å²) in [4.78, 5) is 11.2. The van der Waals surface area contributed by atoms with Crippen molar-refractivity contribution in [1.29, 1.82) is 0 Å². The Morgan fingerprint density at radius 3 is 3.00 bits per heavy atom. The predicted molar refractivity (Wildman–Crippen MR) is 67.0 cm³/mol. The summed E-state index contributed by atoms with van der Waals surface area (Å²) in [7, 11) is 1.91. The van der Waals surface area contributed by atoms with Crippen LogP contribution in [0.3, 0.4) is 0 Å². The zero-order valence-corrected chi connectivity index (χ0v) is 10.7. The van der Waals surface area contributed by atoms with Gasteiger partial charge in [-0.1, -0.05) is 0 Å². The number of morpholine rings is 1. The van der Waals surface area contributed by atoms with E-state index in [-0.39, 0.29) is 5.54 Å². The van der Waals surface area contributed by atoms with E-state index in [4.69, 9.17) is 4.74 Å². The first-order valence-electron chi connectivity index (χ1n) is 5.94. The Kier molecular flexibility index (Phi) is 3.59. The Bertz CT molecular complexity index is 381. The molecule has 2 rings (SSSR count). The second-order valence-corrected chi connectivity index (χ2v) is 4.92. The van der Waals surface area contributed by atoms with E-state index in [1.807, 2.05) is 13.2 Å². The van der Waals surface area contributed by atoms with Crippen LogP contribution in [0.15, 0.2) is 12.4 Å². The molecular formula is C12H20N4O. The zero-order chi connectivity index (χ0) is 12.3. The molecule has 1 fully saturated rings. The van der Waals surface area contributed by atoms with E-state index in [0.29, 0.717) is 0 Å². The maximum Gasteiger partial charge on any atom is 0.148 e. The number of aromatic nitrogens is 2. The van der Waals surface area contributed by atoms with E-state index >= 15 is 0 Å². The van der Waals surface area contributed by atoms with Crippen LogP contribution in [-0.2, 0) is 11.3 Å². The minimum atomic E-state index is -0.0226. The van der Waals surface area contributed by atoms with E-state index in [1.54, 1.807) is 6.20 Å². The van der Waals surface area contributed by atoms with Crippen LogP contribution in [0, 0.1) is 0 Å². The van der Waals surface area contributed by atoms with Gasteiger partial charge in [-0.3, -0.25) is 4.98 Å². The van der Waals surface area contributed by atoms with Crippen molar-refractivity contribution >= 4 is 5.82 Å². The minimum absolute atomic E-state index is 0.0226. The molecule has 1 saturated heterocycles. The SMILES string of the molecule is CNCc1cncc(N2CCOCC2(C)C)n1. The van der Waals surface area contributed by atoms with Gasteiger partial charge in [-0.15, -0.1) is 0 Å². The molecular weight excluding hydrogens is 216 g/mol. The van der Waals surface area contributed by atoms with Gasteiger partial charge in [0.05, 0.1) is 30.6 Å². The molecule has 94 valence electrons. The Labute approximate surface area is 102 Å². The molecule has 17 heavy (non-hydrogen) atoms. The number of nitrogens with zero attached hydrogens (tertiary/aromatic N) is 3. The summed E-state index contributed by atoms with van der Waals surface area (Å²) >= 11 is 0. The molecule has 1 N–H and O–H groups in total. The molecule has 0 radical (unpaired) electrons. The Morgan fingerprint density at radius 2 is 2.29 bits per heavy atom. The number of anilines is 1. The van der Waals surface area contributed by atoms with Crippen molar-refractivity contribution in [3.8, 4) is 0 Å². The smallest absolute Gasteiger partial charge is 0.148 e. The summed E-state index contributed by atoms with van der Waals surface area (Å²) in [6, 6.07) is 0. The molecule has 0 amide bonds. The van der Waals surface area contributed by atoms with Crippen LogP contribution in [0.4, 0.5) is 5.82 Å². The highest BCUT2D eigenvalue weighted by Crippen LogP contribution is 2.24. The van der Waals surface area contributed by atoms with Gasteiger partial charge in [0.2, 0.25) is 0 Å². The molecule has 1 aromatic rings. The van der Waals surface area contributed by atoms with Gasteiger partial charge >= 0.3 is 0 Å². The lowest BCUT2D eigenvalue weighted by atomic mass is 10.0. The summed E-state index contributed by atoms with van der Waals surface area (Å²) in [5, 5.41) is 3.09. The van der Waals surface area contributed by atoms with Crippen LogP contribution in [-0.4, -0.2) is 42.3 Å². The van der Waals surface area contributed by atoms with Gasteiger partial charge in [0.15, 0.2) is 0 Å². The average molecular weight is 236 g/mol. The topological polar surface area (TPSA) is 50.3 Å². The highest BCUT2D eigenvalue weighted by molar-refractivity contribution is 5.40. The quantitative estimate of drug-likeness (QED) is 0.841.